The molecule has 4 heteroatoms. The molecule has 1 aromatic carbocycles. The number of allylic oxidation sites excluding steroid dienone is 1. The highest BCUT2D eigenvalue weighted by atomic mass is 127. The summed E-state index contributed by atoms with van der Waals surface area (Å²) < 4.78 is 1.17. The zero-order valence-electron chi connectivity index (χ0n) is 11.6. The third-order valence-corrected chi connectivity index (χ3v) is 4.14. The molecular weight excluding hydrogens is 363 g/mol. The number of hydrogen-bond donors (Lipinski definition) is 2. The first-order chi connectivity index (χ1) is 9.74. The van der Waals surface area contributed by atoms with Crippen molar-refractivity contribution in [1.82, 2.24) is 5.32 Å². The molecule has 1 aliphatic rings. The molecule has 0 saturated heterocycles. The monoisotopic (exact) mass is 384 g/mol. The molecule has 1 aromatic rings. The fraction of sp³-hybridized carbons (Fsp3) is 0.438. The summed E-state index contributed by atoms with van der Waals surface area (Å²) in [5.41, 5.74) is 2.40. The minimum atomic E-state index is 0.0174. The van der Waals surface area contributed by atoms with E-state index in [0.29, 0.717) is 6.54 Å². The minimum absolute atomic E-state index is 0.0174. The average molecular weight is 384 g/mol. The van der Waals surface area contributed by atoms with Gasteiger partial charge in [0.25, 0.3) is 0 Å². The first-order valence-electron chi connectivity index (χ1n) is 7.18. The predicted molar refractivity (Wildman–Crippen MR) is 91.8 cm³/mol. The lowest BCUT2D eigenvalue weighted by Gasteiger charge is -2.13. The summed E-state index contributed by atoms with van der Waals surface area (Å²) in [5.74, 6) is 0.0174. The van der Waals surface area contributed by atoms with Crippen molar-refractivity contribution in [3.05, 3.63) is 39.5 Å². The normalized spacial score (nSPS) is 14.8. The van der Waals surface area contributed by atoms with E-state index in [0.717, 1.165) is 18.7 Å². The van der Waals surface area contributed by atoms with Crippen molar-refractivity contribution in [1.29, 1.82) is 0 Å². The number of carbonyl (C=O) groups excluding carboxylic acids is 1. The van der Waals surface area contributed by atoms with Gasteiger partial charge in [-0.1, -0.05) is 11.6 Å². The Hall–Kier alpha value is -0.880. The van der Waals surface area contributed by atoms with E-state index in [4.69, 9.17) is 0 Å². The van der Waals surface area contributed by atoms with Gasteiger partial charge >= 0.3 is 0 Å². The maximum atomic E-state index is 11.8. The third kappa shape index (κ3) is 5.63. The zero-order valence-corrected chi connectivity index (χ0v) is 13.8. The standard InChI is InChI=1S/C16H21IN2O/c17-14-6-8-15(9-7-14)19-16(20)12-18-11-10-13-4-2-1-3-5-13/h4,6-9,18H,1-3,5,10-12H2,(H,19,20). The summed E-state index contributed by atoms with van der Waals surface area (Å²) in [5, 5.41) is 6.10. The number of amides is 1. The molecule has 0 aromatic heterocycles. The summed E-state index contributed by atoms with van der Waals surface area (Å²) >= 11 is 2.25. The molecule has 1 aliphatic carbocycles. The topological polar surface area (TPSA) is 41.1 Å². The molecule has 1 amide bonds. The third-order valence-electron chi connectivity index (χ3n) is 3.42. The van der Waals surface area contributed by atoms with Crippen LogP contribution >= 0.6 is 22.6 Å². The van der Waals surface area contributed by atoms with Crippen molar-refractivity contribution in [2.24, 2.45) is 0 Å². The van der Waals surface area contributed by atoms with Gasteiger partial charge in [0, 0.05) is 9.26 Å². The van der Waals surface area contributed by atoms with Crippen LogP contribution in [-0.2, 0) is 4.79 Å². The highest BCUT2D eigenvalue weighted by molar-refractivity contribution is 14.1. The lowest BCUT2D eigenvalue weighted by molar-refractivity contribution is -0.115. The van der Waals surface area contributed by atoms with Crippen LogP contribution in [0.5, 0.6) is 0 Å². The molecule has 2 N–H and O–H groups in total. The van der Waals surface area contributed by atoms with Crippen LogP contribution in [0, 0.1) is 3.57 Å². The number of benzene rings is 1. The molecule has 0 spiro atoms. The van der Waals surface area contributed by atoms with Crippen molar-refractivity contribution in [2.75, 3.05) is 18.4 Å². The number of halogens is 1. The van der Waals surface area contributed by atoms with Crippen LogP contribution in [-0.4, -0.2) is 19.0 Å². The molecule has 2 rings (SSSR count). The van der Waals surface area contributed by atoms with E-state index in [2.05, 4.69) is 39.3 Å². The number of anilines is 1. The molecule has 20 heavy (non-hydrogen) atoms. The SMILES string of the molecule is O=C(CNCCC1=CCCCC1)Nc1ccc(I)cc1. The molecule has 0 bridgehead atoms. The Balaban J connectivity index is 1.62. The first-order valence-corrected chi connectivity index (χ1v) is 8.26. The van der Waals surface area contributed by atoms with E-state index in [1.807, 2.05) is 24.3 Å². The molecular formula is C16H21IN2O. The summed E-state index contributed by atoms with van der Waals surface area (Å²) in [4.78, 5) is 11.8. The van der Waals surface area contributed by atoms with Crippen molar-refractivity contribution in [3.8, 4) is 0 Å². The van der Waals surface area contributed by atoms with Gasteiger partial charge in [0.1, 0.15) is 0 Å². The van der Waals surface area contributed by atoms with Gasteiger partial charge in [0.15, 0.2) is 0 Å². The van der Waals surface area contributed by atoms with Crippen LogP contribution in [0.15, 0.2) is 35.9 Å². The van der Waals surface area contributed by atoms with Crippen LogP contribution in [0.3, 0.4) is 0 Å². The van der Waals surface area contributed by atoms with Gasteiger partial charge in [-0.15, -0.1) is 0 Å². The lowest BCUT2D eigenvalue weighted by Crippen LogP contribution is -2.29. The molecule has 0 radical (unpaired) electrons. The van der Waals surface area contributed by atoms with E-state index in [1.165, 1.54) is 29.3 Å². The molecule has 108 valence electrons. The largest absolute Gasteiger partial charge is 0.325 e. The van der Waals surface area contributed by atoms with Crippen molar-refractivity contribution in [3.63, 3.8) is 0 Å². The van der Waals surface area contributed by atoms with E-state index in [1.54, 1.807) is 5.57 Å². The molecule has 0 aliphatic heterocycles. The van der Waals surface area contributed by atoms with E-state index in [9.17, 15) is 4.79 Å². The van der Waals surface area contributed by atoms with Gasteiger partial charge in [-0.25, -0.2) is 0 Å². The molecule has 3 nitrogen and oxygen atoms in total. The van der Waals surface area contributed by atoms with Gasteiger partial charge in [-0.2, -0.15) is 0 Å². The Kier molecular flexibility index (Phi) is 6.53. The van der Waals surface area contributed by atoms with Gasteiger partial charge in [-0.05, 0) is 85.5 Å². The molecule has 0 saturated carbocycles. The Bertz CT molecular complexity index is 468. The van der Waals surface area contributed by atoms with Crippen LogP contribution in [0.1, 0.15) is 32.1 Å². The summed E-state index contributed by atoms with van der Waals surface area (Å²) in [6.07, 6.45) is 8.53. The predicted octanol–water partition coefficient (Wildman–Crippen LogP) is 3.71. The van der Waals surface area contributed by atoms with Crippen molar-refractivity contribution in [2.45, 2.75) is 32.1 Å². The zero-order chi connectivity index (χ0) is 14.2. The molecule has 0 unspecified atom stereocenters. The van der Waals surface area contributed by atoms with Gasteiger partial charge < -0.3 is 10.6 Å². The number of carbonyl (C=O) groups is 1. The van der Waals surface area contributed by atoms with Crippen molar-refractivity contribution < 1.29 is 4.79 Å². The second-order valence-corrected chi connectivity index (χ2v) is 6.34. The Labute approximate surface area is 134 Å². The number of hydrogen-bond acceptors (Lipinski definition) is 2. The van der Waals surface area contributed by atoms with Gasteiger partial charge in [0.2, 0.25) is 5.91 Å². The second kappa shape index (κ2) is 8.42. The van der Waals surface area contributed by atoms with Crippen LogP contribution < -0.4 is 10.6 Å². The van der Waals surface area contributed by atoms with Crippen LogP contribution in [0.25, 0.3) is 0 Å². The smallest absolute Gasteiger partial charge is 0.238 e. The maximum Gasteiger partial charge on any atom is 0.238 e. The fourth-order valence-corrected chi connectivity index (χ4v) is 2.68. The fourth-order valence-electron chi connectivity index (χ4n) is 2.32. The highest BCUT2D eigenvalue weighted by Gasteiger charge is 2.04. The van der Waals surface area contributed by atoms with E-state index >= 15 is 0 Å². The summed E-state index contributed by atoms with van der Waals surface area (Å²) in [6, 6.07) is 7.82. The Morgan fingerprint density at radius 2 is 2.00 bits per heavy atom. The quantitative estimate of drug-likeness (QED) is 0.446. The summed E-state index contributed by atoms with van der Waals surface area (Å²) in [6.45, 7) is 1.26. The van der Waals surface area contributed by atoms with Gasteiger partial charge in [0.05, 0.1) is 6.54 Å². The minimum Gasteiger partial charge on any atom is -0.325 e. The van der Waals surface area contributed by atoms with Crippen LogP contribution in [0.2, 0.25) is 0 Å². The number of nitrogens with one attached hydrogen (secondary N) is 2. The molecule has 0 atom stereocenters. The number of rotatable bonds is 6. The van der Waals surface area contributed by atoms with Gasteiger partial charge in [-0.3, -0.25) is 4.79 Å². The lowest BCUT2D eigenvalue weighted by atomic mass is 9.97. The maximum absolute atomic E-state index is 11.8. The second-order valence-electron chi connectivity index (χ2n) is 5.09. The first kappa shape index (κ1) is 15.5. The van der Waals surface area contributed by atoms with E-state index in [-0.39, 0.29) is 5.91 Å². The highest BCUT2D eigenvalue weighted by Crippen LogP contribution is 2.19. The summed E-state index contributed by atoms with van der Waals surface area (Å²) in [7, 11) is 0. The Morgan fingerprint density at radius 3 is 2.70 bits per heavy atom. The molecule has 0 heterocycles. The Morgan fingerprint density at radius 1 is 1.20 bits per heavy atom. The van der Waals surface area contributed by atoms with Crippen molar-refractivity contribution >= 4 is 34.2 Å². The van der Waals surface area contributed by atoms with Crippen LogP contribution in [0.4, 0.5) is 5.69 Å². The molecule has 0 fully saturated rings. The van der Waals surface area contributed by atoms with E-state index < -0.39 is 0 Å². The average Bonchev–Trinajstić information content (AvgIpc) is 2.47.